The Morgan fingerprint density at radius 2 is 2.50 bits per heavy atom. The molecule has 0 aliphatic heterocycles. The van der Waals surface area contributed by atoms with Gasteiger partial charge in [0.15, 0.2) is 10.3 Å². The number of nitrogen functional groups attached to an aromatic ring is 1. The van der Waals surface area contributed by atoms with Gasteiger partial charge in [-0.3, -0.25) is 9.36 Å². The second-order valence-electron chi connectivity index (χ2n) is 3.66. The Bertz CT molecular complexity index is 631. The molecule has 1 unspecified atom stereocenters. The molecule has 0 fully saturated rings. The summed E-state index contributed by atoms with van der Waals surface area (Å²) in [7, 11) is 0. The maximum Gasteiger partial charge on any atom is 0.249 e. The van der Waals surface area contributed by atoms with Gasteiger partial charge in [0, 0.05) is 11.6 Å². The Morgan fingerprint density at radius 3 is 3.15 bits per heavy atom. The van der Waals surface area contributed by atoms with Gasteiger partial charge in [-0.25, -0.2) is 4.98 Å². The zero-order chi connectivity index (χ0) is 14.5. The minimum Gasteiger partial charge on any atom is -0.368 e. The molecule has 0 saturated heterocycles. The van der Waals surface area contributed by atoms with Crippen LogP contribution in [0.4, 0.5) is 11.1 Å². The largest absolute Gasteiger partial charge is 0.368 e. The third-order valence-corrected chi connectivity index (χ3v) is 3.88. The Labute approximate surface area is 123 Å². The lowest BCUT2D eigenvalue weighted by Crippen LogP contribution is -2.25. The number of rotatable bonds is 5. The zero-order valence-electron chi connectivity index (χ0n) is 10.5. The van der Waals surface area contributed by atoms with Gasteiger partial charge in [0.2, 0.25) is 11.9 Å². The van der Waals surface area contributed by atoms with Gasteiger partial charge < -0.3 is 11.1 Å². The van der Waals surface area contributed by atoms with Crippen molar-refractivity contribution in [1.29, 1.82) is 5.26 Å². The van der Waals surface area contributed by atoms with Crippen LogP contribution in [0, 0.1) is 11.3 Å². The number of hydrogen-bond donors (Lipinski definition) is 2. The average molecular weight is 309 g/mol. The molecule has 0 spiro atoms. The summed E-state index contributed by atoms with van der Waals surface area (Å²) in [6.45, 7) is 1.68. The zero-order valence-corrected chi connectivity index (χ0v) is 12.1. The molecule has 0 aliphatic carbocycles. The van der Waals surface area contributed by atoms with Gasteiger partial charge in [0.25, 0.3) is 0 Å². The molecule has 2 rings (SSSR count). The van der Waals surface area contributed by atoms with E-state index < -0.39 is 6.04 Å². The smallest absolute Gasteiger partial charge is 0.249 e. The highest BCUT2D eigenvalue weighted by Gasteiger charge is 2.22. The lowest BCUT2D eigenvalue weighted by molar-refractivity contribution is -0.118. The van der Waals surface area contributed by atoms with Crippen LogP contribution in [0.15, 0.2) is 16.7 Å². The van der Waals surface area contributed by atoms with Crippen molar-refractivity contribution in [2.75, 3.05) is 16.8 Å². The number of anilines is 2. The lowest BCUT2D eigenvalue weighted by Gasteiger charge is -2.14. The van der Waals surface area contributed by atoms with E-state index in [1.54, 1.807) is 18.5 Å². The first-order valence-electron chi connectivity index (χ1n) is 5.54. The summed E-state index contributed by atoms with van der Waals surface area (Å²) in [4.78, 5) is 16.1. The van der Waals surface area contributed by atoms with Crippen LogP contribution in [0.3, 0.4) is 0 Å². The fourth-order valence-electron chi connectivity index (χ4n) is 1.46. The van der Waals surface area contributed by atoms with Crippen molar-refractivity contribution in [2.24, 2.45) is 0 Å². The molecule has 0 bridgehead atoms. The molecule has 2 heterocycles. The molecule has 0 saturated carbocycles. The monoisotopic (exact) mass is 309 g/mol. The number of aromatic nitrogens is 4. The minimum absolute atomic E-state index is 0.132. The molecule has 0 radical (unpaired) electrons. The van der Waals surface area contributed by atoms with Crippen LogP contribution >= 0.6 is 23.1 Å². The predicted molar refractivity (Wildman–Crippen MR) is 76.2 cm³/mol. The quantitative estimate of drug-likeness (QED) is 0.794. The number of thiazole rings is 1. The van der Waals surface area contributed by atoms with Crippen molar-refractivity contribution in [3.63, 3.8) is 0 Å². The molecular formula is C10H11N7OS2. The Morgan fingerprint density at radius 1 is 1.70 bits per heavy atom. The minimum atomic E-state index is -0.602. The van der Waals surface area contributed by atoms with E-state index in [0.717, 1.165) is 0 Å². The number of nitrogens with one attached hydrogen (secondary N) is 1. The number of nitriles is 1. The van der Waals surface area contributed by atoms with Crippen molar-refractivity contribution in [2.45, 2.75) is 18.1 Å². The molecule has 10 heteroatoms. The number of carbonyl (C=O) groups is 1. The van der Waals surface area contributed by atoms with E-state index in [1.165, 1.54) is 27.7 Å². The molecule has 2 aromatic heterocycles. The van der Waals surface area contributed by atoms with Gasteiger partial charge in [-0.1, -0.05) is 11.8 Å². The molecule has 8 nitrogen and oxygen atoms in total. The van der Waals surface area contributed by atoms with Crippen LogP contribution in [-0.2, 0) is 4.79 Å². The number of hydrogen-bond acceptors (Lipinski definition) is 8. The summed E-state index contributed by atoms with van der Waals surface area (Å²) in [6.07, 6.45) is 1.60. The highest BCUT2D eigenvalue weighted by molar-refractivity contribution is 7.99. The van der Waals surface area contributed by atoms with E-state index in [0.29, 0.717) is 10.3 Å². The molecule has 20 heavy (non-hydrogen) atoms. The van der Waals surface area contributed by atoms with Gasteiger partial charge >= 0.3 is 0 Å². The van der Waals surface area contributed by atoms with Crippen molar-refractivity contribution in [3.05, 3.63) is 11.6 Å². The second-order valence-corrected chi connectivity index (χ2v) is 5.50. The maximum atomic E-state index is 12.1. The first-order valence-corrected chi connectivity index (χ1v) is 7.40. The molecule has 1 atom stereocenters. The summed E-state index contributed by atoms with van der Waals surface area (Å²) in [5, 5.41) is 21.6. The molecule has 104 valence electrons. The van der Waals surface area contributed by atoms with Crippen LogP contribution in [0.1, 0.15) is 13.0 Å². The first-order chi connectivity index (χ1) is 9.63. The van der Waals surface area contributed by atoms with Gasteiger partial charge in [-0.2, -0.15) is 5.26 Å². The van der Waals surface area contributed by atoms with Crippen LogP contribution in [0.2, 0.25) is 0 Å². The van der Waals surface area contributed by atoms with Crippen LogP contribution in [0.25, 0.3) is 0 Å². The fraction of sp³-hybridized carbons (Fsp3) is 0.300. The Balaban J connectivity index is 2.15. The topological polar surface area (TPSA) is 123 Å². The van der Waals surface area contributed by atoms with Crippen molar-refractivity contribution in [1.82, 2.24) is 19.7 Å². The average Bonchev–Trinajstić information content (AvgIpc) is 3.05. The third-order valence-electron chi connectivity index (χ3n) is 2.39. The second kappa shape index (κ2) is 6.36. The number of nitrogens with two attached hydrogens (primary N) is 1. The maximum absolute atomic E-state index is 12.1. The number of nitrogens with zero attached hydrogens (tertiary/aromatic N) is 5. The van der Waals surface area contributed by atoms with E-state index in [9.17, 15) is 4.79 Å². The van der Waals surface area contributed by atoms with Gasteiger partial charge in [-0.05, 0) is 6.92 Å². The Kier molecular flexibility index (Phi) is 4.54. The van der Waals surface area contributed by atoms with Crippen molar-refractivity contribution >= 4 is 40.1 Å². The van der Waals surface area contributed by atoms with Gasteiger partial charge in [0.05, 0.1) is 11.8 Å². The fourth-order valence-corrected chi connectivity index (χ4v) is 2.67. The van der Waals surface area contributed by atoms with Crippen LogP contribution in [0.5, 0.6) is 0 Å². The summed E-state index contributed by atoms with van der Waals surface area (Å²) < 4.78 is 1.49. The third kappa shape index (κ3) is 3.06. The van der Waals surface area contributed by atoms with E-state index >= 15 is 0 Å². The summed E-state index contributed by atoms with van der Waals surface area (Å²) in [5.41, 5.74) is 5.73. The van der Waals surface area contributed by atoms with Crippen molar-refractivity contribution < 1.29 is 4.79 Å². The molecule has 2 aromatic rings. The molecule has 0 aliphatic rings. The van der Waals surface area contributed by atoms with E-state index in [-0.39, 0.29) is 17.6 Å². The first kappa shape index (κ1) is 14.3. The van der Waals surface area contributed by atoms with E-state index in [4.69, 9.17) is 11.0 Å². The van der Waals surface area contributed by atoms with Crippen LogP contribution < -0.4 is 11.1 Å². The summed E-state index contributed by atoms with van der Waals surface area (Å²) in [6, 6.07) is 1.39. The van der Waals surface area contributed by atoms with Crippen LogP contribution in [-0.4, -0.2) is 31.4 Å². The molecular weight excluding hydrogens is 298 g/mol. The normalized spacial score (nSPS) is 11.8. The lowest BCUT2D eigenvalue weighted by atomic mass is 10.3. The number of thioether (sulfide) groups is 1. The van der Waals surface area contributed by atoms with Crippen molar-refractivity contribution in [3.8, 4) is 6.07 Å². The molecule has 0 aromatic carbocycles. The highest BCUT2D eigenvalue weighted by Crippen LogP contribution is 2.23. The van der Waals surface area contributed by atoms with E-state index in [1.807, 2.05) is 6.07 Å². The molecule has 1 amide bonds. The van der Waals surface area contributed by atoms with E-state index in [2.05, 4.69) is 20.5 Å². The number of carbonyl (C=O) groups excluding carboxylic acids is 1. The standard InChI is InChI=1S/C10H11N7OS2/c1-6(7(18)14-9-13-3-5-19-9)17-8(12)15-16-10(17)20-4-2-11/h3,5-6H,4H2,1H3,(H2,12,15)(H,13,14,18). The molecule has 3 N–H and O–H groups in total. The summed E-state index contributed by atoms with van der Waals surface area (Å²) in [5.74, 6) is 0.0661. The predicted octanol–water partition coefficient (Wildman–Crippen LogP) is 1.13. The van der Waals surface area contributed by atoms with Gasteiger partial charge in [0.1, 0.15) is 6.04 Å². The Hall–Kier alpha value is -2.12. The highest BCUT2D eigenvalue weighted by atomic mass is 32.2. The number of amides is 1. The summed E-state index contributed by atoms with van der Waals surface area (Å²) >= 11 is 2.50. The SMILES string of the molecule is CC(C(=O)Nc1nccs1)n1c(N)nnc1SCC#N. The van der Waals surface area contributed by atoms with Gasteiger partial charge in [-0.15, -0.1) is 21.5 Å².